The number of hydrogen-bond donors (Lipinski definition) is 3. The van der Waals surface area contributed by atoms with Crippen molar-refractivity contribution in [2.45, 2.75) is 24.4 Å². The third-order valence-corrected chi connectivity index (χ3v) is 5.51. The van der Waals surface area contributed by atoms with Gasteiger partial charge in [-0.2, -0.15) is 23.5 Å². The van der Waals surface area contributed by atoms with E-state index in [0.29, 0.717) is 16.6 Å². The van der Waals surface area contributed by atoms with Crippen molar-refractivity contribution < 1.29 is 32.9 Å². The molecule has 34 heavy (non-hydrogen) atoms. The molecule has 4 aromatic rings. The van der Waals surface area contributed by atoms with Gasteiger partial charge in [0, 0.05) is 17.1 Å². The van der Waals surface area contributed by atoms with Gasteiger partial charge in [-0.1, -0.05) is 6.07 Å². The molecule has 2 unspecified atom stereocenters. The van der Waals surface area contributed by atoms with Crippen molar-refractivity contribution in [1.82, 2.24) is 14.3 Å². The molecule has 2 atom stereocenters. The van der Waals surface area contributed by atoms with Crippen LogP contribution in [0.15, 0.2) is 60.9 Å². The van der Waals surface area contributed by atoms with Gasteiger partial charge in [0.15, 0.2) is 0 Å². The van der Waals surface area contributed by atoms with Crippen LogP contribution in [0.5, 0.6) is 0 Å². The number of aliphatic hydroxyl groups excluding tert-OH is 2. The van der Waals surface area contributed by atoms with Crippen molar-refractivity contribution in [2.75, 3.05) is 6.61 Å². The Morgan fingerprint density at radius 3 is 2.38 bits per heavy atom. The number of hydrogen-bond acceptors (Lipinski definition) is 5. The predicted molar refractivity (Wildman–Crippen MR) is 112 cm³/mol. The van der Waals surface area contributed by atoms with E-state index in [2.05, 4.69) is 5.10 Å². The minimum atomic E-state index is -5.16. The van der Waals surface area contributed by atoms with Crippen molar-refractivity contribution in [3.8, 4) is 11.8 Å². The fraction of sp³-hybridized carbons (Fsp3) is 0.217. The number of alkyl halides is 3. The van der Waals surface area contributed by atoms with Gasteiger partial charge in [-0.25, -0.2) is 9.07 Å². The van der Waals surface area contributed by atoms with Gasteiger partial charge in [0.2, 0.25) is 5.60 Å². The molecule has 11 heteroatoms. The van der Waals surface area contributed by atoms with Crippen LogP contribution in [0.25, 0.3) is 16.6 Å². The molecule has 0 aliphatic heterocycles. The summed E-state index contributed by atoms with van der Waals surface area (Å²) < 4.78 is 58.5. The van der Waals surface area contributed by atoms with Gasteiger partial charge in [0.05, 0.1) is 36.7 Å². The maximum absolute atomic E-state index is 14.3. The van der Waals surface area contributed by atoms with E-state index in [0.717, 1.165) is 29.0 Å². The van der Waals surface area contributed by atoms with E-state index in [4.69, 9.17) is 5.11 Å². The first-order chi connectivity index (χ1) is 16.1. The van der Waals surface area contributed by atoms with Crippen LogP contribution >= 0.6 is 0 Å². The monoisotopic (exact) mass is 474 g/mol. The highest BCUT2D eigenvalue weighted by Gasteiger charge is 2.57. The molecule has 0 radical (unpaired) electrons. The van der Waals surface area contributed by atoms with Crippen LogP contribution in [-0.4, -0.2) is 48.6 Å². The average molecular weight is 474 g/mol. The van der Waals surface area contributed by atoms with Crippen LogP contribution in [0.2, 0.25) is 0 Å². The molecule has 7 nitrogen and oxygen atoms in total. The third-order valence-electron chi connectivity index (χ3n) is 5.51. The topological polar surface area (TPSA) is 107 Å². The van der Waals surface area contributed by atoms with Gasteiger partial charge in [0.25, 0.3) is 0 Å². The molecule has 0 spiro atoms. The van der Waals surface area contributed by atoms with Crippen molar-refractivity contribution in [3.05, 3.63) is 83.6 Å². The molecule has 176 valence electrons. The van der Waals surface area contributed by atoms with Crippen molar-refractivity contribution in [2.24, 2.45) is 0 Å². The summed E-state index contributed by atoms with van der Waals surface area (Å²) >= 11 is 0. The minimum absolute atomic E-state index is 0.226. The van der Waals surface area contributed by atoms with E-state index in [-0.39, 0.29) is 12.2 Å². The first kappa shape index (κ1) is 23.4. The van der Waals surface area contributed by atoms with E-state index in [9.17, 15) is 33.0 Å². The molecule has 0 fully saturated rings. The Morgan fingerprint density at radius 1 is 1.06 bits per heavy atom. The van der Waals surface area contributed by atoms with Gasteiger partial charge < -0.3 is 19.9 Å². The molecule has 0 bridgehead atoms. The second kappa shape index (κ2) is 8.57. The number of aliphatic hydroxyl groups is 3. The van der Waals surface area contributed by atoms with Gasteiger partial charge in [-0.3, -0.25) is 0 Å². The summed E-state index contributed by atoms with van der Waals surface area (Å²) in [5, 5.41) is 43.5. The first-order valence-corrected chi connectivity index (χ1v) is 10.0. The SMILES string of the molecule is N#Cc1cc(C(O)(c2ccc3c(cnn3-c3ccc(F)cc3)c2)C(F)(F)F)cn1CC(O)CO. The van der Waals surface area contributed by atoms with Crippen LogP contribution in [0.4, 0.5) is 17.6 Å². The van der Waals surface area contributed by atoms with E-state index in [1.54, 1.807) is 6.07 Å². The maximum Gasteiger partial charge on any atom is 0.425 e. The molecule has 0 saturated carbocycles. The van der Waals surface area contributed by atoms with E-state index in [1.807, 2.05) is 0 Å². The number of benzene rings is 2. The second-order valence-corrected chi connectivity index (χ2v) is 7.73. The number of aromatic nitrogens is 3. The van der Waals surface area contributed by atoms with Gasteiger partial charge in [-0.15, -0.1) is 0 Å². The quantitative estimate of drug-likeness (QED) is 0.373. The molecule has 0 aliphatic rings. The lowest BCUT2D eigenvalue weighted by molar-refractivity contribution is -0.248. The lowest BCUT2D eigenvalue weighted by Gasteiger charge is -2.30. The first-order valence-electron chi connectivity index (χ1n) is 10.0. The van der Waals surface area contributed by atoms with Gasteiger partial charge >= 0.3 is 6.18 Å². The highest BCUT2D eigenvalue weighted by molar-refractivity contribution is 5.81. The van der Waals surface area contributed by atoms with Crippen LogP contribution in [0.3, 0.4) is 0 Å². The Morgan fingerprint density at radius 2 is 1.76 bits per heavy atom. The summed E-state index contributed by atoms with van der Waals surface area (Å²) in [7, 11) is 0. The molecule has 2 heterocycles. The van der Waals surface area contributed by atoms with Crippen molar-refractivity contribution in [1.29, 1.82) is 5.26 Å². The number of nitriles is 1. The molecule has 4 rings (SSSR count). The summed E-state index contributed by atoms with van der Waals surface area (Å²) in [6.07, 6.45) is -4.22. The Hall–Kier alpha value is -3.72. The van der Waals surface area contributed by atoms with Crippen LogP contribution in [0, 0.1) is 17.1 Å². The predicted octanol–water partition coefficient (Wildman–Crippen LogP) is 2.99. The highest BCUT2D eigenvalue weighted by atomic mass is 19.4. The Bertz CT molecular complexity index is 1370. The fourth-order valence-corrected chi connectivity index (χ4v) is 3.78. The molecule has 0 aliphatic carbocycles. The molecule has 2 aromatic carbocycles. The summed E-state index contributed by atoms with van der Waals surface area (Å²) in [6, 6.07) is 11.6. The Balaban J connectivity index is 1.83. The third kappa shape index (κ3) is 3.92. The standard InChI is InChI=1S/C23H18F4N4O3/c24-17-2-4-18(5-3-17)31-21-6-1-15(7-14(21)10-29-31)22(34,23(25,26)27)16-8-19(9-28)30(11-16)12-20(33)13-32/h1-8,10-11,20,32-34H,12-13H2. The van der Waals surface area contributed by atoms with E-state index in [1.165, 1.54) is 41.2 Å². The van der Waals surface area contributed by atoms with Gasteiger partial charge in [0.1, 0.15) is 17.6 Å². The molecule has 2 aromatic heterocycles. The van der Waals surface area contributed by atoms with Crippen molar-refractivity contribution >= 4 is 10.9 Å². The molecular formula is C23H18F4N4O3. The number of rotatable bonds is 6. The van der Waals surface area contributed by atoms with E-state index < -0.39 is 41.4 Å². The summed E-state index contributed by atoms with van der Waals surface area (Å²) in [5.41, 5.74) is -3.90. The number of fused-ring (bicyclic) bond motifs is 1. The summed E-state index contributed by atoms with van der Waals surface area (Å²) in [6.45, 7) is -0.993. The molecule has 3 N–H and O–H groups in total. The highest BCUT2D eigenvalue weighted by Crippen LogP contribution is 2.45. The molecule has 0 amide bonds. The lowest BCUT2D eigenvalue weighted by atomic mass is 9.86. The summed E-state index contributed by atoms with van der Waals surface area (Å²) in [4.78, 5) is 0. The zero-order chi connectivity index (χ0) is 24.7. The zero-order valence-electron chi connectivity index (χ0n) is 17.4. The molecule has 0 saturated heterocycles. The zero-order valence-corrected chi connectivity index (χ0v) is 17.4. The van der Waals surface area contributed by atoms with E-state index >= 15 is 0 Å². The molecular weight excluding hydrogens is 456 g/mol. The summed E-state index contributed by atoms with van der Waals surface area (Å²) in [5.74, 6) is -0.451. The normalized spacial score (nSPS) is 14.6. The average Bonchev–Trinajstić information content (AvgIpc) is 3.42. The van der Waals surface area contributed by atoms with Crippen LogP contribution < -0.4 is 0 Å². The number of halogens is 4. The van der Waals surface area contributed by atoms with Crippen LogP contribution in [-0.2, 0) is 12.1 Å². The largest absolute Gasteiger partial charge is 0.425 e. The minimum Gasteiger partial charge on any atom is -0.394 e. The van der Waals surface area contributed by atoms with Crippen molar-refractivity contribution in [3.63, 3.8) is 0 Å². The maximum atomic E-state index is 14.3. The Labute approximate surface area is 190 Å². The van der Waals surface area contributed by atoms with Gasteiger partial charge in [-0.05, 0) is 48.0 Å². The smallest absolute Gasteiger partial charge is 0.394 e. The van der Waals surface area contributed by atoms with Crippen LogP contribution in [0.1, 0.15) is 16.8 Å². The number of nitrogens with zero attached hydrogens (tertiary/aromatic N) is 4. The fourth-order valence-electron chi connectivity index (χ4n) is 3.78. The Kier molecular flexibility index (Phi) is 5.91. The second-order valence-electron chi connectivity index (χ2n) is 7.73. The lowest BCUT2D eigenvalue weighted by Crippen LogP contribution is -2.43.